The second-order valence-corrected chi connectivity index (χ2v) is 7.25. The fraction of sp³-hybridized carbons (Fsp3) is 0.650. The van der Waals surface area contributed by atoms with Crippen molar-refractivity contribution in [3.8, 4) is 0 Å². The van der Waals surface area contributed by atoms with Crippen LogP contribution in [0.4, 0.5) is 0 Å². The van der Waals surface area contributed by atoms with Crippen molar-refractivity contribution < 1.29 is 4.79 Å². The number of hydrogen-bond acceptors (Lipinski definition) is 2. The third-order valence-electron chi connectivity index (χ3n) is 5.56. The fourth-order valence-corrected chi connectivity index (χ4v) is 3.99. The normalized spacial score (nSPS) is 20.6. The highest BCUT2D eigenvalue weighted by Crippen LogP contribution is 2.23. The van der Waals surface area contributed by atoms with Gasteiger partial charge >= 0.3 is 0 Å². The fourth-order valence-electron chi connectivity index (χ4n) is 3.99. The number of likely N-dealkylation sites (tertiary alicyclic amines) is 1. The van der Waals surface area contributed by atoms with Crippen molar-refractivity contribution in [3.63, 3.8) is 0 Å². The zero-order valence-corrected chi connectivity index (χ0v) is 14.2. The highest BCUT2D eigenvalue weighted by molar-refractivity contribution is 5.76. The smallest absolute Gasteiger partial charge is 0.222 e. The molecule has 1 amide bonds. The predicted octanol–water partition coefficient (Wildman–Crippen LogP) is 3.25. The average molecular weight is 314 g/mol. The minimum Gasteiger partial charge on any atom is -0.343 e. The van der Waals surface area contributed by atoms with Gasteiger partial charge in [0.1, 0.15) is 0 Å². The molecule has 0 saturated carbocycles. The van der Waals surface area contributed by atoms with E-state index in [0.29, 0.717) is 5.91 Å². The summed E-state index contributed by atoms with van der Waals surface area (Å²) in [5, 5.41) is 3.40. The third-order valence-corrected chi connectivity index (χ3v) is 5.56. The van der Waals surface area contributed by atoms with E-state index in [4.69, 9.17) is 0 Å². The average Bonchev–Trinajstić information content (AvgIpc) is 2.62. The number of piperidine rings is 2. The van der Waals surface area contributed by atoms with Crippen molar-refractivity contribution >= 4 is 5.91 Å². The molecule has 0 aliphatic carbocycles. The largest absolute Gasteiger partial charge is 0.343 e. The van der Waals surface area contributed by atoms with Gasteiger partial charge in [-0.05, 0) is 69.0 Å². The molecule has 1 aromatic rings. The zero-order chi connectivity index (χ0) is 15.9. The quantitative estimate of drug-likeness (QED) is 0.905. The number of rotatable bonds is 5. The van der Waals surface area contributed by atoms with Gasteiger partial charge in [-0.3, -0.25) is 4.79 Å². The number of nitrogens with one attached hydrogen (secondary N) is 1. The lowest BCUT2D eigenvalue weighted by Gasteiger charge is -2.32. The summed E-state index contributed by atoms with van der Waals surface area (Å²) >= 11 is 0. The molecule has 23 heavy (non-hydrogen) atoms. The Balaban J connectivity index is 1.37. The summed E-state index contributed by atoms with van der Waals surface area (Å²) in [5.74, 6) is 1.89. The highest BCUT2D eigenvalue weighted by atomic mass is 16.2. The van der Waals surface area contributed by atoms with Gasteiger partial charge < -0.3 is 10.2 Å². The first-order valence-corrected chi connectivity index (χ1v) is 9.33. The van der Waals surface area contributed by atoms with Crippen LogP contribution in [0, 0.1) is 11.8 Å². The van der Waals surface area contributed by atoms with Gasteiger partial charge in [-0.15, -0.1) is 0 Å². The van der Waals surface area contributed by atoms with Crippen molar-refractivity contribution in [2.24, 2.45) is 11.8 Å². The molecule has 0 unspecified atom stereocenters. The van der Waals surface area contributed by atoms with Crippen LogP contribution >= 0.6 is 0 Å². The van der Waals surface area contributed by atoms with Crippen molar-refractivity contribution in [2.45, 2.75) is 44.9 Å². The Kier molecular flexibility index (Phi) is 6.09. The van der Waals surface area contributed by atoms with Crippen molar-refractivity contribution in [2.75, 3.05) is 26.2 Å². The third kappa shape index (κ3) is 5.07. The van der Waals surface area contributed by atoms with E-state index in [1.54, 1.807) is 0 Å². The van der Waals surface area contributed by atoms with Gasteiger partial charge in [0.2, 0.25) is 5.91 Å². The lowest BCUT2D eigenvalue weighted by Crippen LogP contribution is -2.39. The van der Waals surface area contributed by atoms with E-state index in [-0.39, 0.29) is 0 Å². The molecule has 1 aromatic carbocycles. The molecule has 0 aromatic heterocycles. The van der Waals surface area contributed by atoms with E-state index >= 15 is 0 Å². The molecule has 2 aliphatic heterocycles. The number of amides is 1. The van der Waals surface area contributed by atoms with Gasteiger partial charge in [0.05, 0.1) is 0 Å². The molecular formula is C20H30N2O. The Morgan fingerprint density at radius 2 is 1.70 bits per heavy atom. The molecular weight excluding hydrogens is 284 g/mol. The van der Waals surface area contributed by atoms with Gasteiger partial charge in [-0.1, -0.05) is 30.3 Å². The minimum atomic E-state index is 0.390. The molecule has 0 bridgehead atoms. The Morgan fingerprint density at radius 3 is 2.39 bits per heavy atom. The van der Waals surface area contributed by atoms with E-state index in [2.05, 4.69) is 40.5 Å². The molecule has 3 nitrogen and oxygen atoms in total. The molecule has 3 heteroatoms. The minimum absolute atomic E-state index is 0.390. The molecule has 0 radical (unpaired) electrons. The number of carbonyl (C=O) groups is 1. The molecule has 2 heterocycles. The summed E-state index contributed by atoms with van der Waals surface area (Å²) in [4.78, 5) is 14.5. The first kappa shape index (κ1) is 16.5. The lowest BCUT2D eigenvalue weighted by molar-refractivity contribution is -0.132. The topological polar surface area (TPSA) is 32.3 Å². The number of carbonyl (C=O) groups excluding carboxylic acids is 1. The second kappa shape index (κ2) is 8.49. The van der Waals surface area contributed by atoms with Gasteiger partial charge in [-0.25, -0.2) is 0 Å². The Bertz CT molecular complexity index is 474. The molecule has 2 saturated heterocycles. The molecule has 2 aliphatic rings. The van der Waals surface area contributed by atoms with Crippen LogP contribution in [0.5, 0.6) is 0 Å². The number of benzene rings is 1. The molecule has 3 rings (SSSR count). The molecule has 2 fully saturated rings. The monoisotopic (exact) mass is 314 g/mol. The van der Waals surface area contributed by atoms with E-state index in [9.17, 15) is 4.79 Å². The molecule has 0 atom stereocenters. The highest BCUT2D eigenvalue weighted by Gasteiger charge is 2.23. The standard InChI is InChI=1S/C20H30N2O/c23-20(7-6-17-8-12-21-13-9-17)22-14-10-19(11-15-22)16-18-4-2-1-3-5-18/h1-5,17,19,21H,6-16H2. The predicted molar refractivity (Wildman–Crippen MR) is 94.3 cm³/mol. The summed E-state index contributed by atoms with van der Waals surface area (Å²) in [6, 6.07) is 10.8. The molecule has 126 valence electrons. The van der Waals surface area contributed by atoms with Crippen LogP contribution in [0.15, 0.2) is 30.3 Å². The van der Waals surface area contributed by atoms with Crippen LogP contribution in [-0.2, 0) is 11.2 Å². The first-order valence-electron chi connectivity index (χ1n) is 9.33. The van der Waals surface area contributed by atoms with Crippen LogP contribution in [0.2, 0.25) is 0 Å². The van der Waals surface area contributed by atoms with Crippen LogP contribution < -0.4 is 5.32 Å². The van der Waals surface area contributed by atoms with E-state index < -0.39 is 0 Å². The maximum atomic E-state index is 12.4. The Labute approximate surface area is 140 Å². The van der Waals surface area contributed by atoms with Crippen LogP contribution in [0.3, 0.4) is 0 Å². The first-order chi connectivity index (χ1) is 11.3. The van der Waals surface area contributed by atoms with Gasteiger partial charge in [0.15, 0.2) is 0 Å². The van der Waals surface area contributed by atoms with Crippen LogP contribution in [0.1, 0.15) is 44.1 Å². The van der Waals surface area contributed by atoms with E-state index in [1.165, 1.54) is 18.4 Å². The number of hydrogen-bond donors (Lipinski definition) is 1. The lowest BCUT2D eigenvalue weighted by atomic mass is 9.89. The maximum absolute atomic E-state index is 12.4. The molecule has 0 spiro atoms. The summed E-state index contributed by atoms with van der Waals surface area (Å²) < 4.78 is 0. The summed E-state index contributed by atoms with van der Waals surface area (Å²) in [6.07, 6.45) is 7.82. The summed E-state index contributed by atoms with van der Waals surface area (Å²) in [6.45, 7) is 4.18. The van der Waals surface area contributed by atoms with E-state index in [1.807, 2.05) is 0 Å². The second-order valence-electron chi connectivity index (χ2n) is 7.25. The Hall–Kier alpha value is -1.35. The van der Waals surface area contributed by atoms with Gasteiger partial charge in [0, 0.05) is 19.5 Å². The van der Waals surface area contributed by atoms with Gasteiger partial charge in [0.25, 0.3) is 0 Å². The van der Waals surface area contributed by atoms with E-state index in [0.717, 1.165) is 70.1 Å². The maximum Gasteiger partial charge on any atom is 0.222 e. The van der Waals surface area contributed by atoms with Gasteiger partial charge in [-0.2, -0.15) is 0 Å². The zero-order valence-electron chi connectivity index (χ0n) is 14.2. The SMILES string of the molecule is O=C(CCC1CCNCC1)N1CCC(Cc2ccccc2)CC1. The van der Waals surface area contributed by atoms with Crippen molar-refractivity contribution in [1.29, 1.82) is 0 Å². The van der Waals surface area contributed by atoms with Crippen molar-refractivity contribution in [1.82, 2.24) is 10.2 Å². The number of nitrogens with zero attached hydrogens (tertiary/aromatic N) is 1. The van der Waals surface area contributed by atoms with Crippen molar-refractivity contribution in [3.05, 3.63) is 35.9 Å². The Morgan fingerprint density at radius 1 is 1.00 bits per heavy atom. The molecule has 1 N–H and O–H groups in total. The summed E-state index contributed by atoms with van der Waals surface area (Å²) in [5.41, 5.74) is 1.43. The van der Waals surface area contributed by atoms with Crippen LogP contribution in [-0.4, -0.2) is 37.0 Å². The van der Waals surface area contributed by atoms with Crippen LogP contribution in [0.25, 0.3) is 0 Å². The summed E-state index contributed by atoms with van der Waals surface area (Å²) in [7, 11) is 0.